The van der Waals surface area contributed by atoms with Crippen LogP contribution in [0.2, 0.25) is 30.1 Å². The number of benzene rings is 4. The van der Waals surface area contributed by atoms with Crippen molar-refractivity contribution in [2.24, 2.45) is 0 Å². The summed E-state index contributed by atoms with van der Waals surface area (Å²) in [7, 11) is 0. The lowest BCUT2D eigenvalue weighted by atomic mass is 9.96. The molecule has 9 nitrogen and oxygen atoms in total. The van der Waals surface area contributed by atoms with Gasteiger partial charge in [0.15, 0.2) is 0 Å². The minimum absolute atomic E-state index is 0.0839. The Bertz CT molecular complexity index is 2530. The number of anilines is 2. The molecule has 15 heteroatoms. The summed E-state index contributed by atoms with van der Waals surface area (Å²) in [6.07, 6.45) is 7.08. The van der Waals surface area contributed by atoms with Gasteiger partial charge in [0.05, 0.1) is 16.1 Å². The van der Waals surface area contributed by atoms with E-state index in [9.17, 15) is 15.0 Å². The lowest BCUT2D eigenvalue weighted by Crippen LogP contribution is -2.14. The quantitative estimate of drug-likeness (QED) is 0.124. The van der Waals surface area contributed by atoms with Crippen LogP contribution >= 0.6 is 69.6 Å². The minimum atomic E-state index is -0.462. The number of halogens is 6. The molecule has 0 aliphatic carbocycles. The van der Waals surface area contributed by atoms with Crippen molar-refractivity contribution < 1.29 is 15.0 Å². The smallest absolute Gasteiger partial charge is 0.150 e. The Morgan fingerprint density at radius 3 is 1.68 bits per heavy atom. The molecule has 1 unspecified atom stereocenters. The van der Waals surface area contributed by atoms with Gasteiger partial charge >= 0.3 is 0 Å². The van der Waals surface area contributed by atoms with Crippen LogP contribution in [0, 0.1) is 0 Å². The maximum atomic E-state index is 10.9. The maximum absolute atomic E-state index is 10.9. The summed E-state index contributed by atoms with van der Waals surface area (Å²) in [6, 6.07) is 32.9. The zero-order valence-electron chi connectivity index (χ0n) is 29.4. The molecule has 4 aromatic heterocycles. The highest BCUT2D eigenvalue weighted by Crippen LogP contribution is 2.38. The minimum Gasteiger partial charge on any atom is -0.506 e. The van der Waals surface area contributed by atoms with E-state index < -0.39 is 6.04 Å². The number of phenolic OH excluding ortho intramolecular Hbond substituents is 2. The monoisotopic (exact) mass is 876 g/mol. The predicted octanol–water partition coefficient (Wildman–Crippen LogP) is 12.6. The number of fused-ring (bicyclic) bond motifs is 2. The Balaban J connectivity index is 0.000000173. The molecule has 0 amide bonds. The van der Waals surface area contributed by atoms with Crippen molar-refractivity contribution in [3.8, 4) is 11.5 Å². The molecule has 0 fully saturated rings. The molecule has 0 aliphatic rings. The number of para-hydroxylation sites is 1. The van der Waals surface area contributed by atoms with Crippen LogP contribution in [-0.4, -0.2) is 36.4 Å². The zero-order valence-corrected chi connectivity index (χ0v) is 33.9. The van der Waals surface area contributed by atoms with E-state index in [1.807, 2.05) is 42.5 Å². The first-order valence-corrected chi connectivity index (χ1v) is 18.9. The highest BCUT2D eigenvalue weighted by atomic mass is 35.5. The van der Waals surface area contributed by atoms with Crippen LogP contribution in [0.3, 0.4) is 0 Å². The number of nitrogen functional groups attached to an aromatic ring is 1. The highest BCUT2D eigenvalue weighted by molar-refractivity contribution is 6.35. The van der Waals surface area contributed by atoms with Gasteiger partial charge in [-0.05, 0) is 84.4 Å². The van der Waals surface area contributed by atoms with Crippen molar-refractivity contribution in [2.45, 2.75) is 6.04 Å². The van der Waals surface area contributed by atoms with Gasteiger partial charge in [-0.15, -0.1) is 0 Å². The number of phenols is 2. The Labute approximate surface area is 357 Å². The van der Waals surface area contributed by atoms with Gasteiger partial charge in [0.2, 0.25) is 0 Å². The lowest BCUT2D eigenvalue weighted by Gasteiger charge is -2.22. The number of rotatable bonds is 5. The van der Waals surface area contributed by atoms with Crippen LogP contribution in [0.4, 0.5) is 11.6 Å². The number of hydrogen-bond donors (Lipinski definition) is 4. The van der Waals surface area contributed by atoms with Crippen molar-refractivity contribution in [1.82, 2.24) is 19.9 Å². The van der Waals surface area contributed by atoms with Crippen molar-refractivity contribution in [2.75, 3.05) is 11.1 Å². The fourth-order valence-electron chi connectivity index (χ4n) is 5.19. The molecule has 0 aliphatic heterocycles. The second-order valence-corrected chi connectivity index (χ2v) is 14.4. The van der Waals surface area contributed by atoms with Gasteiger partial charge in [-0.1, -0.05) is 106 Å². The topological polar surface area (TPSA) is 147 Å². The third-order valence-corrected chi connectivity index (χ3v) is 9.03. The van der Waals surface area contributed by atoms with Crippen molar-refractivity contribution >= 4 is 109 Å². The third kappa shape index (κ3) is 12.6. The fraction of sp³-hybridized carbons (Fsp3) is 0.0238. The standard InChI is InChI=1S/C21H14Cl3N3O.C9H7NO.C7H4Cl2O.C5H5ClN2/c22-14-4-6-18(26-11-14)27-19(13-8-15(23)10-16(24)9-13)17-5-3-12-2-1-7-25-20(12)21(17)28;11-8-5-1-3-7-4-2-6-10-9(7)8;8-6-1-5(4-10)2-7(9)3-6;6-4-1-2-5(7)8-3-4/h1-11,19,28H,(H,26,27);1-6,11H;1-4H;1-3H,(H2,7,8). The van der Waals surface area contributed by atoms with Crippen LogP contribution in [0.5, 0.6) is 11.5 Å². The number of nitrogens with one attached hydrogen (secondary N) is 1. The van der Waals surface area contributed by atoms with E-state index in [4.69, 9.17) is 75.3 Å². The summed E-state index contributed by atoms with van der Waals surface area (Å²) < 4.78 is 0. The summed E-state index contributed by atoms with van der Waals surface area (Å²) in [6.45, 7) is 0. The van der Waals surface area contributed by atoms with Gasteiger partial charge in [0, 0.05) is 66.8 Å². The Morgan fingerprint density at radius 1 is 0.579 bits per heavy atom. The first kappa shape index (κ1) is 42.7. The number of aromatic nitrogens is 4. The summed E-state index contributed by atoms with van der Waals surface area (Å²) in [5.74, 6) is 1.41. The van der Waals surface area contributed by atoms with Crippen molar-refractivity contribution in [1.29, 1.82) is 0 Å². The van der Waals surface area contributed by atoms with E-state index in [1.54, 1.807) is 91.4 Å². The molecule has 288 valence electrons. The molecule has 0 saturated carbocycles. The van der Waals surface area contributed by atoms with Crippen LogP contribution < -0.4 is 11.1 Å². The van der Waals surface area contributed by atoms with Gasteiger partial charge in [-0.2, -0.15) is 0 Å². The molecule has 0 saturated heterocycles. The molecule has 5 N–H and O–H groups in total. The second-order valence-electron chi connectivity index (χ2n) is 11.8. The number of pyridine rings is 4. The molecule has 0 bridgehead atoms. The number of aldehydes is 1. The second kappa shape index (κ2) is 20.7. The van der Waals surface area contributed by atoms with E-state index in [0.717, 1.165) is 16.3 Å². The fourth-order valence-corrected chi connectivity index (χ4v) is 6.50. The first-order chi connectivity index (χ1) is 27.4. The molecular formula is C42H30Cl6N6O3. The zero-order chi connectivity index (χ0) is 40.9. The van der Waals surface area contributed by atoms with E-state index in [-0.39, 0.29) is 11.5 Å². The normalized spacial score (nSPS) is 10.8. The number of nitrogens with two attached hydrogens (primary N) is 1. The van der Waals surface area contributed by atoms with Gasteiger partial charge in [0.25, 0.3) is 0 Å². The van der Waals surface area contributed by atoms with Crippen molar-refractivity contribution in [3.63, 3.8) is 0 Å². The molecule has 8 aromatic rings. The molecule has 0 spiro atoms. The molecule has 8 rings (SSSR count). The van der Waals surface area contributed by atoms with Gasteiger partial charge in [0.1, 0.15) is 40.5 Å². The Kier molecular flexibility index (Phi) is 15.5. The Morgan fingerprint density at radius 2 is 1.14 bits per heavy atom. The average molecular weight is 879 g/mol. The average Bonchev–Trinajstić information content (AvgIpc) is 3.19. The van der Waals surface area contributed by atoms with Crippen molar-refractivity contribution in [3.05, 3.63) is 187 Å². The number of carbonyl (C=O) groups excluding carboxylic acids is 1. The largest absolute Gasteiger partial charge is 0.506 e. The summed E-state index contributed by atoms with van der Waals surface area (Å²) in [5.41, 5.74) is 8.34. The van der Waals surface area contributed by atoms with E-state index in [2.05, 4.69) is 25.3 Å². The molecule has 4 heterocycles. The van der Waals surface area contributed by atoms with Crippen LogP contribution in [0.25, 0.3) is 21.8 Å². The van der Waals surface area contributed by atoms with Crippen LogP contribution in [0.15, 0.2) is 140 Å². The highest BCUT2D eigenvalue weighted by Gasteiger charge is 2.21. The number of aromatic hydroxyl groups is 2. The van der Waals surface area contributed by atoms with E-state index in [0.29, 0.717) is 70.2 Å². The molecule has 0 radical (unpaired) electrons. The predicted molar refractivity (Wildman–Crippen MR) is 233 cm³/mol. The molecule has 4 aromatic carbocycles. The van der Waals surface area contributed by atoms with Crippen LogP contribution in [-0.2, 0) is 0 Å². The van der Waals surface area contributed by atoms with Gasteiger partial charge in [-0.3, -0.25) is 14.8 Å². The first-order valence-electron chi connectivity index (χ1n) is 16.6. The molecule has 57 heavy (non-hydrogen) atoms. The van der Waals surface area contributed by atoms with Gasteiger partial charge in [-0.25, -0.2) is 9.97 Å². The van der Waals surface area contributed by atoms with Crippen LogP contribution in [0.1, 0.15) is 27.5 Å². The molecule has 1 atom stereocenters. The Hall–Kier alpha value is -5.39. The number of nitrogens with zero attached hydrogens (tertiary/aromatic N) is 4. The summed E-state index contributed by atoms with van der Waals surface area (Å²) >= 11 is 35.0. The third-order valence-electron chi connectivity index (χ3n) is 7.71. The van der Waals surface area contributed by atoms with E-state index >= 15 is 0 Å². The number of carbonyl (C=O) groups is 1. The summed E-state index contributed by atoms with van der Waals surface area (Å²) in [5, 5.41) is 28.5. The van der Waals surface area contributed by atoms with E-state index in [1.165, 1.54) is 6.20 Å². The summed E-state index contributed by atoms with van der Waals surface area (Å²) in [4.78, 5) is 26.6. The van der Waals surface area contributed by atoms with Gasteiger partial charge < -0.3 is 21.3 Å². The SMILES string of the molecule is Nc1ccc(Cl)cn1.O=Cc1cc(Cl)cc(Cl)c1.Oc1c(C(Nc2ccc(Cl)cn2)c2cc(Cl)cc(Cl)c2)ccc2cccnc12.Oc1cccc2cccnc12. The molecular weight excluding hydrogens is 849 g/mol. The maximum Gasteiger partial charge on any atom is 0.150 e. The lowest BCUT2D eigenvalue weighted by molar-refractivity contribution is 0.112. The number of hydrogen-bond acceptors (Lipinski definition) is 9.